The zero-order valence-electron chi connectivity index (χ0n) is 22.8. The number of aryl methyl sites for hydroxylation is 1. The Labute approximate surface area is 223 Å². The van der Waals surface area contributed by atoms with Gasteiger partial charge in [0.05, 0.1) is 17.0 Å². The first-order chi connectivity index (χ1) is 17.6. The van der Waals surface area contributed by atoms with E-state index in [9.17, 15) is 18.3 Å². The zero-order valence-corrected chi connectivity index (χ0v) is 23.6. The minimum absolute atomic E-state index is 0.0218. The van der Waals surface area contributed by atoms with Crippen molar-refractivity contribution in [1.29, 1.82) is 0 Å². The molecule has 0 aliphatic heterocycles. The molecule has 0 bridgehead atoms. The number of aliphatic hydroxyl groups is 1. The minimum atomic E-state index is -3.82. The molecule has 0 spiro atoms. The molecule has 6 nitrogen and oxygen atoms in total. The van der Waals surface area contributed by atoms with E-state index in [2.05, 4.69) is 12.2 Å². The molecule has 7 heteroatoms. The third-order valence-corrected chi connectivity index (χ3v) is 9.51. The maximum absolute atomic E-state index is 13.6. The largest absolute Gasteiger partial charge is 0.390 e. The van der Waals surface area contributed by atoms with E-state index < -0.39 is 27.6 Å². The van der Waals surface area contributed by atoms with Crippen LogP contribution in [-0.4, -0.2) is 49.0 Å². The van der Waals surface area contributed by atoms with Crippen LogP contribution in [0.1, 0.15) is 70.4 Å². The first-order valence-corrected chi connectivity index (χ1v) is 15.1. The number of sulfonamides is 1. The number of carbonyl (C=O) groups is 1. The molecule has 1 fully saturated rings. The maximum atomic E-state index is 13.6. The normalized spacial score (nSPS) is 17.5. The highest BCUT2D eigenvalue weighted by Crippen LogP contribution is 2.39. The lowest BCUT2D eigenvalue weighted by molar-refractivity contribution is -0.135. The van der Waals surface area contributed by atoms with E-state index in [1.165, 1.54) is 4.31 Å². The van der Waals surface area contributed by atoms with Gasteiger partial charge in [-0.05, 0) is 56.2 Å². The Morgan fingerprint density at radius 2 is 1.62 bits per heavy atom. The molecule has 0 heterocycles. The van der Waals surface area contributed by atoms with Crippen LogP contribution >= 0.6 is 0 Å². The highest BCUT2D eigenvalue weighted by Gasteiger charge is 2.40. The molecule has 2 aromatic rings. The molecule has 37 heavy (non-hydrogen) atoms. The Hall–Kier alpha value is -2.22. The number of benzene rings is 2. The molecule has 1 aliphatic rings. The quantitative estimate of drug-likeness (QED) is 0.402. The molecule has 0 aromatic heterocycles. The molecule has 0 saturated heterocycles. The molecule has 204 valence electrons. The minimum Gasteiger partial charge on any atom is -0.390 e. The van der Waals surface area contributed by atoms with Crippen molar-refractivity contribution in [3.05, 3.63) is 65.7 Å². The van der Waals surface area contributed by atoms with Crippen molar-refractivity contribution < 1.29 is 18.3 Å². The molecule has 2 N–H and O–H groups in total. The summed E-state index contributed by atoms with van der Waals surface area (Å²) in [6.07, 6.45) is 5.03. The van der Waals surface area contributed by atoms with E-state index in [0.29, 0.717) is 6.42 Å². The summed E-state index contributed by atoms with van der Waals surface area (Å²) in [5.41, 5.74) is 1.55. The summed E-state index contributed by atoms with van der Waals surface area (Å²) in [5.74, 6) is 0.0478. The van der Waals surface area contributed by atoms with Crippen LogP contribution < -0.4 is 5.32 Å². The Balaban J connectivity index is 1.87. The van der Waals surface area contributed by atoms with Crippen molar-refractivity contribution >= 4 is 15.9 Å². The molecular formula is C30H44N2O4S. The molecule has 3 rings (SSSR count). The number of aliphatic hydroxyl groups excluding tert-OH is 1. The van der Waals surface area contributed by atoms with E-state index in [-0.39, 0.29) is 29.8 Å². The Bertz CT molecular complexity index is 1090. The van der Waals surface area contributed by atoms with E-state index in [1.54, 1.807) is 24.3 Å². The summed E-state index contributed by atoms with van der Waals surface area (Å²) in [4.78, 5) is 13.8. The maximum Gasteiger partial charge on any atom is 0.243 e. The molecule has 1 aliphatic carbocycles. The van der Waals surface area contributed by atoms with Crippen LogP contribution in [0.5, 0.6) is 0 Å². The second-order valence-electron chi connectivity index (χ2n) is 11.1. The summed E-state index contributed by atoms with van der Waals surface area (Å²) in [6, 6.07) is 15.9. The smallest absolute Gasteiger partial charge is 0.243 e. The number of carbonyl (C=O) groups excluding carboxylic acids is 1. The van der Waals surface area contributed by atoms with Gasteiger partial charge in [0, 0.05) is 18.5 Å². The first kappa shape index (κ1) is 29.3. The zero-order chi connectivity index (χ0) is 27.1. The number of nitrogens with one attached hydrogen (secondary N) is 1. The second-order valence-corrected chi connectivity index (χ2v) is 13.0. The van der Waals surface area contributed by atoms with Crippen LogP contribution in [0.15, 0.2) is 59.5 Å². The SMILES string of the molecule is CCC1(C(=O)NC(Cc2ccccc2)C(O)CN(CC(C)C)S(=O)(=O)c2ccc(C)cc2)CCCCC1. The average Bonchev–Trinajstić information content (AvgIpc) is 2.88. The Morgan fingerprint density at radius 1 is 1.00 bits per heavy atom. The van der Waals surface area contributed by atoms with Gasteiger partial charge < -0.3 is 10.4 Å². The van der Waals surface area contributed by atoms with Crippen LogP contribution in [0.25, 0.3) is 0 Å². The molecule has 1 amide bonds. The fraction of sp³-hybridized carbons (Fsp3) is 0.567. The fourth-order valence-corrected chi connectivity index (χ4v) is 6.94. The Morgan fingerprint density at radius 3 is 2.19 bits per heavy atom. The van der Waals surface area contributed by atoms with Gasteiger partial charge in [-0.2, -0.15) is 4.31 Å². The molecular weight excluding hydrogens is 484 g/mol. The standard InChI is InChI=1S/C30H44N2O4S/c1-5-30(18-10-7-11-19-30)29(34)31-27(20-25-12-8-6-9-13-25)28(33)22-32(21-23(2)3)37(35,36)26-16-14-24(4)15-17-26/h6,8-9,12-17,23,27-28,33H,5,7,10-11,18-22H2,1-4H3,(H,31,34). The monoisotopic (exact) mass is 528 g/mol. The van der Waals surface area contributed by atoms with Crippen molar-refractivity contribution in [1.82, 2.24) is 9.62 Å². The number of nitrogens with zero attached hydrogens (tertiary/aromatic N) is 1. The van der Waals surface area contributed by atoms with Gasteiger partial charge in [-0.15, -0.1) is 0 Å². The van der Waals surface area contributed by atoms with Gasteiger partial charge in [0.2, 0.25) is 15.9 Å². The predicted octanol–water partition coefficient (Wildman–Crippen LogP) is 5.09. The number of hydrogen-bond acceptors (Lipinski definition) is 4. The molecule has 2 atom stereocenters. The van der Waals surface area contributed by atoms with Crippen molar-refractivity contribution in [3.63, 3.8) is 0 Å². The summed E-state index contributed by atoms with van der Waals surface area (Å²) in [6.45, 7) is 8.08. The average molecular weight is 529 g/mol. The van der Waals surface area contributed by atoms with Gasteiger partial charge in [0.1, 0.15) is 0 Å². The van der Waals surface area contributed by atoms with Gasteiger partial charge in [0.25, 0.3) is 0 Å². The van der Waals surface area contributed by atoms with Gasteiger partial charge in [-0.25, -0.2) is 8.42 Å². The second kappa shape index (κ2) is 13.0. The molecule has 0 radical (unpaired) electrons. The lowest BCUT2D eigenvalue weighted by Gasteiger charge is -2.38. The number of rotatable bonds is 12. The Kier molecular flexibility index (Phi) is 10.3. The van der Waals surface area contributed by atoms with Gasteiger partial charge in [-0.1, -0.05) is 88.1 Å². The molecule has 2 aromatic carbocycles. The van der Waals surface area contributed by atoms with Crippen molar-refractivity contribution in [2.24, 2.45) is 11.3 Å². The van der Waals surface area contributed by atoms with Crippen LogP contribution in [0.3, 0.4) is 0 Å². The summed E-state index contributed by atoms with van der Waals surface area (Å²) in [7, 11) is -3.82. The molecule has 1 saturated carbocycles. The summed E-state index contributed by atoms with van der Waals surface area (Å²) >= 11 is 0. The third-order valence-electron chi connectivity index (χ3n) is 7.67. The van der Waals surface area contributed by atoms with Crippen LogP contribution in [0.2, 0.25) is 0 Å². The number of amides is 1. The van der Waals surface area contributed by atoms with E-state index in [1.807, 2.05) is 51.1 Å². The summed E-state index contributed by atoms with van der Waals surface area (Å²) < 4.78 is 28.5. The van der Waals surface area contributed by atoms with Gasteiger partial charge >= 0.3 is 0 Å². The number of hydrogen-bond donors (Lipinski definition) is 2. The fourth-order valence-electron chi connectivity index (χ4n) is 5.32. The van der Waals surface area contributed by atoms with Crippen molar-refractivity contribution in [3.8, 4) is 0 Å². The third kappa shape index (κ3) is 7.65. The van der Waals surface area contributed by atoms with E-state index >= 15 is 0 Å². The summed E-state index contributed by atoms with van der Waals surface area (Å²) in [5, 5.41) is 14.7. The highest BCUT2D eigenvalue weighted by molar-refractivity contribution is 7.89. The van der Waals surface area contributed by atoms with Crippen LogP contribution in [0.4, 0.5) is 0 Å². The lowest BCUT2D eigenvalue weighted by atomic mass is 9.71. The molecule has 2 unspecified atom stereocenters. The van der Waals surface area contributed by atoms with Gasteiger partial charge in [0.15, 0.2) is 0 Å². The van der Waals surface area contributed by atoms with Crippen molar-refractivity contribution in [2.45, 2.75) is 89.7 Å². The van der Waals surface area contributed by atoms with Gasteiger partial charge in [-0.3, -0.25) is 4.79 Å². The van der Waals surface area contributed by atoms with Crippen LogP contribution in [-0.2, 0) is 21.2 Å². The van der Waals surface area contributed by atoms with Crippen LogP contribution in [0, 0.1) is 18.3 Å². The highest BCUT2D eigenvalue weighted by atomic mass is 32.2. The topological polar surface area (TPSA) is 86.7 Å². The first-order valence-electron chi connectivity index (χ1n) is 13.7. The predicted molar refractivity (Wildman–Crippen MR) is 149 cm³/mol. The van der Waals surface area contributed by atoms with E-state index in [4.69, 9.17) is 0 Å². The van der Waals surface area contributed by atoms with Crippen molar-refractivity contribution in [2.75, 3.05) is 13.1 Å². The van der Waals surface area contributed by atoms with E-state index in [0.717, 1.165) is 49.7 Å². The lowest BCUT2D eigenvalue weighted by Crippen LogP contribution is -2.54.